The Morgan fingerprint density at radius 3 is 2.62 bits per heavy atom. The fraction of sp³-hybridized carbons (Fsp3) is 0.480. The van der Waals surface area contributed by atoms with E-state index in [9.17, 15) is 27.5 Å². The van der Waals surface area contributed by atoms with Gasteiger partial charge in [0.15, 0.2) is 5.65 Å². The second-order valence-corrected chi connectivity index (χ2v) is 9.70. The molecule has 2 atom stereocenters. The Hall–Kier alpha value is -3.25. The fourth-order valence-electron chi connectivity index (χ4n) is 5.30. The summed E-state index contributed by atoms with van der Waals surface area (Å²) in [5.41, 5.74) is -0.0767. The highest BCUT2D eigenvalue weighted by atomic mass is 19.4. The number of rotatable bonds is 5. The molecule has 0 spiro atoms. The molecule has 5 rings (SSSR count). The van der Waals surface area contributed by atoms with Crippen molar-refractivity contribution in [2.45, 2.75) is 50.6 Å². The van der Waals surface area contributed by atoms with E-state index in [0.29, 0.717) is 24.3 Å². The summed E-state index contributed by atoms with van der Waals surface area (Å²) in [5.74, 6) is -1.97. The molecule has 2 saturated heterocycles. The smallest absolute Gasteiger partial charge is 0.392 e. The number of aliphatic hydroxyl groups is 1. The minimum Gasteiger partial charge on any atom is -0.392 e. The molecule has 1 amide bonds. The molecule has 2 aliphatic heterocycles. The van der Waals surface area contributed by atoms with Crippen LogP contribution in [0.3, 0.4) is 0 Å². The van der Waals surface area contributed by atoms with Crippen molar-refractivity contribution in [3.63, 3.8) is 0 Å². The summed E-state index contributed by atoms with van der Waals surface area (Å²) >= 11 is 0. The average Bonchev–Trinajstić information content (AvgIpc) is 3.51. The number of piperidine rings is 1. The van der Waals surface area contributed by atoms with Crippen LogP contribution in [0.1, 0.15) is 53.7 Å². The molecule has 37 heavy (non-hydrogen) atoms. The first-order valence-electron chi connectivity index (χ1n) is 12.3. The van der Waals surface area contributed by atoms with Gasteiger partial charge in [-0.2, -0.15) is 18.3 Å². The molecule has 198 valence electrons. The number of hydrogen-bond donors (Lipinski definition) is 2. The summed E-state index contributed by atoms with van der Waals surface area (Å²) in [6, 6.07) is 4.09. The third kappa shape index (κ3) is 5.12. The number of hydrogen-bond acceptors (Lipinski definition) is 6. The highest BCUT2D eigenvalue weighted by molar-refractivity contribution is 5.96. The molecular formula is C25H28F4N6O2. The van der Waals surface area contributed by atoms with Crippen molar-refractivity contribution in [3.8, 4) is 0 Å². The van der Waals surface area contributed by atoms with Crippen LogP contribution < -0.4 is 10.2 Å². The van der Waals surface area contributed by atoms with Crippen LogP contribution in [0.5, 0.6) is 0 Å². The summed E-state index contributed by atoms with van der Waals surface area (Å²) in [7, 11) is 0. The molecule has 0 bridgehead atoms. The van der Waals surface area contributed by atoms with Crippen LogP contribution in [0, 0.1) is 5.82 Å². The van der Waals surface area contributed by atoms with E-state index in [2.05, 4.69) is 25.2 Å². The van der Waals surface area contributed by atoms with Gasteiger partial charge in [0, 0.05) is 44.0 Å². The van der Waals surface area contributed by atoms with Gasteiger partial charge in [-0.05, 0) is 38.3 Å². The van der Waals surface area contributed by atoms with E-state index < -0.39 is 29.5 Å². The van der Waals surface area contributed by atoms with Gasteiger partial charge in [0.05, 0.1) is 29.0 Å². The molecule has 0 unspecified atom stereocenters. The predicted molar refractivity (Wildman–Crippen MR) is 128 cm³/mol. The molecule has 8 nitrogen and oxygen atoms in total. The number of likely N-dealkylation sites (tertiary alicyclic amines) is 1. The molecule has 0 radical (unpaired) electrons. The topological polar surface area (TPSA) is 86.0 Å². The minimum atomic E-state index is -4.83. The zero-order valence-electron chi connectivity index (χ0n) is 20.2. The number of pyridine rings is 1. The second-order valence-electron chi connectivity index (χ2n) is 9.70. The maximum atomic E-state index is 14.6. The maximum absolute atomic E-state index is 14.6. The number of nitrogens with one attached hydrogen (secondary N) is 1. The van der Waals surface area contributed by atoms with E-state index in [1.54, 1.807) is 6.07 Å². The highest BCUT2D eigenvalue weighted by Crippen LogP contribution is 2.34. The van der Waals surface area contributed by atoms with Crippen LogP contribution in [0.2, 0.25) is 0 Å². The standard InChI is InChI=1S/C25H28F4N6O2/c1-15(19-3-2-4-20(22(19)26)25(27,28)29)32-24(37)16-11-21(23-30-14-31-35(23)12-16)33-8-5-17(6-9-33)34-10-7-18(36)13-34/h2-4,11-12,14-15,17-18,36H,5-10,13H2,1H3,(H,32,37)/t15-,18-/m1/s1. The van der Waals surface area contributed by atoms with Crippen LogP contribution in [0.4, 0.5) is 23.2 Å². The van der Waals surface area contributed by atoms with Gasteiger partial charge in [0.25, 0.3) is 5.91 Å². The SMILES string of the molecule is C[C@@H](NC(=O)c1cc(N2CCC(N3CC[C@@H](O)C3)CC2)c2ncnn2c1)c1cccc(C(F)(F)F)c1F. The van der Waals surface area contributed by atoms with Gasteiger partial charge in [-0.25, -0.2) is 13.9 Å². The van der Waals surface area contributed by atoms with E-state index in [-0.39, 0.29) is 17.2 Å². The number of β-amino-alcohol motifs (C(OH)–C–C–N with tert-alkyl or cyclic N) is 1. The summed E-state index contributed by atoms with van der Waals surface area (Å²) in [5, 5.41) is 16.6. The van der Waals surface area contributed by atoms with Gasteiger partial charge in [-0.1, -0.05) is 12.1 Å². The number of alkyl halides is 3. The third-order valence-corrected chi connectivity index (χ3v) is 7.28. The van der Waals surface area contributed by atoms with Crippen molar-refractivity contribution in [1.82, 2.24) is 24.8 Å². The number of carbonyl (C=O) groups excluding carboxylic acids is 1. The van der Waals surface area contributed by atoms with Gasteiger partial charge in [0.1, 0.15) is 12.1 Å². The molecule has 2 aliphatic rings. The van der Waals surface area contributed by atoms with Gasteiger partial charge >= 0.3 is 6.18 Å². The number of aliphatic hydroxyl groups excluding tert-OH is 1. The van der Waals surface area contributed by atoms with E-state index in [1.165, 1.54) is 30.0 Å². The fourth-order valence-corrected chi connectivity index (χ4v) is 5.30. The van der Waals surface area contributed by atoms with E-state index in [0.717, 1.165) is 50.7 Å². The molecule has 12 heteroatoms. The number of anilines is 1. The number of aromatic nitrogens is 3. The number of fused-ring (bicyclic) bond motifs is 1. The third-order valence-electron chi connectivity index (χ3n) is 7.28. The minimum absolute atomic E-state index is 0.233. The lowest BCUT2D eigenvalue weighted by molar-refractivity contribution is -0.140. The Morgan fingerprint density at radius 2 is 1.95 bits per heavy atom. The lowest BCUT2D eigenvalue weighted by atomic mass is 10.0. The van der Waals surface area contributed by atoms with Crippen molar-refractivity contribution >= 4 is 17.2 Å². The number of amides is 1. The van der Waals surface area contributed by atoms with Crippen LogP contribution in [0.15, 0.2) is 36.8 Å². The van der Waals surface area contributed by atoms with Gasteiger partial charge < -0.3 is 15.3 Å². The van der Waals surface area contributed by atoms with Crippen molar-refractivity contribution < 1.29 is 27.5 Å². The number of halogens is 4. The van der Waals surface area contributed by atoms with Crippen molar-refractivity contribution in [1.29, 1.82) is 0 Å². The normalized spacial score (nSPS) is 20.5. The largest absolute Gasteiger partial charge is 0.419 e. The van der Waals surface area contributed by atoms with E-state index in [1.807, 2.05) is 0 Å². The molecule has 2 N–H and O–H groups in total. The molecule has 1 aromatic carbocycles. The summed E-state index contributed by atoms with van der Waals surface area (Å²) < 4.78 is 55.5. The first-order chi connectivity index (χ1) is 17.6. The van der Waals surface area contributed by atoms with E-state index in [4.69, 9.17) is 0 Å². The predicted octanol–water partition coefficient (Wildman–Crippen LogP) is 3.41. The zero-order chi connectivity index (χ0) is 26.3. The second kappa shape index (κ2) is 9.90. The molecule has 0 aliphatic carbocycles. The Balaban J connectivity index is 1.34. The van der Waals surface area contributed by atoms with Gasteiger partial charge in [-0.15, -0.1) is 0 Å². The number of nitrogens with zero attached hydrogens (tertiary/aromatic N) is 5. The van der Waals surface area contributed by atoms with Crippen molar-refractivity contribution in [2.24, 2.45) is 0 Å². The van der Waals surface area contributed by atoms with Crippen LogP contribution in [-0.2, 0) is 6.18 Å². The Bertz CT molecular complexity index is 1290. The number of benzene rings is 1. The molecule has 0 saturated carbocycles. The average molecular weight is 521 g/mol. The summed E-state index contributed by atoms with van der Waals surface area (Å²) in [6.07, 6.45) is 0.369. The van der Waals surface area contributed by atoms with Crippen LogP contribution in [0.25, 0.3) is 5.65 Å². The lowest BCUT2D eigenvalue weighted by Gasteiger charge is -2.37. The monoisotopic (exact) mass is 520 g/mol. The maximum Gasteiger partial charge on any atom is 0.419 e. The van der Waals surface area contributed by atoms with E-state index >= 15 is 0 Å². The first kappa shape index (κ1) is 25.4. The molecular weight excluding hydrogens is 492 g/mol. The molecule has 4 heterocycles. The summed E-state index contributed by atoms with van der Waals surface area (Å²) in [6.45, 7) is 4.48. The quantitative estimate of drug-likeness (QED) is 0.502. The molecule has 3 aromatic rings. The zero-order valence-corrected chi connectivity index (χ0v) is 20.2. The van der Waals surface area contributed by atoms with Crippen molar-refractivity contribution in [2.75, 3.05) is 31.1 Å². The Kier molecular flexibility index (Phi) is 6.80. The summed E-state index contributed by atoms with van der Waals surface area (Å²) in [4.78, 5) is 21.9. The first-order valence-corrected chi connectivity index (χ1v) is 12.3. The van der Waals surface area contributed by atoms with Crippen LogP contribution in [-0.4, -0.2) is 68.8 Å². The Morgan fingerprint density at radius 1 is 1.19 bits per heavy atom. The lowest BCUT2D eigenvalue weighted by Crippen LogP contribution is -2.44. The van der Waals surface area contributed by atoms with Crippen LogP contribution >= 0.6 is 0 Å². The Labute approximate surface area is 210 Å². The molecule has 2 fully saturated rings. The number of carbonyl (C=O) groups is 1. The van der Waals surface area contributed by atoms with Gasteiger partial charge in [0.2, 0.25) is 0 Å². The highest BCUT2D eigenvalue weighted by Gasteiger charge is 2.36. The van der Waals surface area contributed by atoms with Crippen molar-refractivity contribution in [3.05, 3.63) is 59.3 Å². The van der Waals surface area contributed by atoms with Gasteiger partial charge in [-0.3, -0.25) is 9.69 Å². The molecule has 2 aromatic heterocycles.